The molecule has 1 aromatic carbocycles. The number of ether oxygens (including phenoxy) is 1. The molecule has 5 nitrogen and oxygen atoms in total. The lowest BCUT2D eigenvalue weighted by molar-refractivity contribution is -0.121. The number of rotatable bonds is 6. The van der Waals surface area contributed by atoms with Gasteiger partial charge in [-0.15, -0.1) is 11.3 Å². The number of methoxy groups -OCH3 is 1. The Balaban J connectivity index is 1.70. The molecule has 0 radical (unpaired) electrons. The van der Waals surface area contributed by atoms with Crippen LogP contribution in [0.3, 0.4) is 0 Å². The van der Waals surface area contributed by atoms with Gasteiger partial charge in [-0.05, 0) is 38.3 Å². The van der Waals surface area contributed by atoms with Crippen LogP contribution < -0.4 is 10.1 Å². The molecule has 0 aliphatic heterocycles. The Kier molecular flexibility index (Phi) is 5.42. The second-order valence-corrected chi connectivity index (χ2v) is 7.16. The van der Waals surface area contributed by atoms with Gasteiger partial charge >= 0.3 is 0 Å². The number of aryl methyl sites for hydroxylation is 2. The molecule has 1 atom stereocenters. The zero-order valence-electron chi connectivity index (χ0n) is 15.3. The third kappa shape index (κ3) is 3.96. The Bertz CT molecular complexity index is 900. The van der Waals surface area contributed by atoms with Crippen molar-refractivity contribution in [2.24, 2.45) is 0 Å². The van der Waals surface area contributed by atoms with Crippen molar-refractivity contribution >= 4 is 17.2 Å². The zero-order valence-corrected chi connectivity index (χ0v) is 16.1. The first kappa shape index (κ1) is 18.2. The Morgan fingerprint density at radius 1 is 1.35 bits per heavy atom. The van der Waals surface area contributed by atoms with Crippen LogP contribution in [0.15, 0.2) is 40.1 Å². The number of aromatic nitrogens is 1. The summed E-state index contributed by atoms with van der Waals surface area (Å²) in [5.41, 5.74) is 2.74. The Morgan fingerprint density at radius 2 is 2.15 bits per heavy atom. The van der Waals surface area contributed by atoms with Crippen LogP contribution in [0.1, 0.15) is 35.5 Å². The first-order valence-electron chi connectivity index (χ1n) is 8.42. The molecule has 2 aromatic heterocycles. The van der Waals surface area contributed by atoms with E-state index in [9.17, 15) is 4.79 Å². The van der Waals surface area contributed by atoms with Crippen LogP contribution in [0.4, 0.5) is 0 Å². The highest BCUT2D eigenvalue weighted by molar-refractivity contribution is 7.13. The molecule has 136 valence electrons. The number of amides is 1. The molecule has 1 unspecified atom stereocenters. The van der Waals surface area contributed by atoms with E-state index in [0.29, 0.717) is 17.3 Å². The minimum atomic E-state index is -0.165. The summed E-state index contributed by atoms with van der Waals surface area (Å²) in [6, 6.07) is 9.67. The topological polar surface area (TPSA) is 64.4 Å². The molecule has 3 rings (SSSR count). The predicted octanol–water partition coefficient (Wildman–Crippen LogP) is 4.45. The largest absolute Gasteiger partial charge is 0.496 e. The highest BCUT2D eigenvalue weighted by atomic mass is 32.1. The molecule has 1 amide bonds. The lowest BCUT2D eigenvalue weighted by atomic mass is 10.0. The SMILES string of the molecule is COc1ccc(C)cc1C(C)NC(=O)Cc1nc(-c2cccs2)oc1C. The molecule has 2 heterocycles. The Hall–Kier alpha value is -2.60. The number of thiophene rings is 1. The minimum Gasteiger partial charge on any atom is -0.496 e. The van der Waals surface area contributed by atoms with Gasteiger partial charge in [0, 0.05) is 5.56 Å². The van der Waals surface area contributed by atoms with E-state index in [-0.39, 0.29) is 18.4 Å². The third-order valence-corrected chi connectivity index (χ3v) is 5.04. The van der Waals surface area contributed by atoms with Crippen molar-refractivity contribution < 1.29 is 13.9 Å². The smallest absolute Gasteiger partial charge is 0.236 e. The molecular weight excluding hydrogens is 348 g/mol. The lowest BCUT2D eigenvalue weighted by Gasteiger charge is -2.17. The molecule has 0 aliphatic rings. The quantitative estimate of drug-likeness (QED) is 0.696. The maximum atomic E-state index is 12.5. The fourth-order valence-electron chi connectivity index (χ4n) is 2.81. The number of hydrogen-bond acceptors (Lipinski definition) is 5. The van der Waals surface area contributed by atoms with E-state index in [1.807, 2.05) is 56.5 Å². The first-order chi connectivity index (χ1) is 12.5. The van der Waals surface area contributed by atoms with Crippen LogP contribution in [0, 0.1) is 13.8 Å². The summed E-state index contributed by atoms with van der Waals surface area (Å²) >= 11 is 1.56. The predicted molar refractivity (Wildman–Crippen MR) is 103 cm³/mol. The van der Waals surface area contributed by atoms with E-state index in [2.05, 4.69) is 10.3 Å². The van der Waals surface area contributed by atoms with E-state index in [1.165, 1.54) is 0 Å². The number of oxazole rings is 1. The van der Waals surface area contributed by atoms with Crippen LogP contribution in [0.25, 0.3) is 10.8 Å². The molecule has 0 spiro atoms. The van der Waals surface area contributed by atoms with E-state index >= 15 is 0 Å². The Morgan fingerprint density at radius 3 is 2.85 bits per heavy atom. The average Bonchev–Trinajstić information content (AvgIpc) is 3.25. The molecular formula is C20H22N2O3S. The summed E-state index contributed by atoms with van der Waals surface area (Å²) in [6.07, 6.45) is 0.180. The van der Waals surface area contributed by atoms with Gasteiger partial charge < -0.3 is 14.5 Å². The number of nitrogens with one attached hydrogen (secondary N) is 1. The maximum absolute atomic E-state index is 12.5. The summed E-state index contributed by atoms with van der Waals surface area (Å²) in [5.74, 6) is 1.90. The van der Waals surface area contributed by atoms with Crippen molar-refractivity contribution in [2.45, 2.75) is 33.2 Å². The van der Waals surface area contributed by atoms with Crippen LogP contribution in [-0.4, -0.2) is 18.0 Å². The second-order valence-electron chi connectivity index (χ2n) is 6.21. The fourth-order valence-corrected chi connectivity index (χ4v) is 3.46. The monoisotopic (exact) mass is 370 g/mol. The number of hydrogen-bond donors (Lipinski definition) is 1. The van der Waals surface area contributed by atoms with Crippen LogP contribution in [-0.2, 0) is 11.2 Å². The lowest BCUT2D eigenvalue weighted by Crippen LogP contribution is -2.28. The highest BCUT2D eigenvalue weighted by Crippen LogP contribution is 2.27. The van der Waals surface area contributed by atoms with Crippen molar-refractivity contribution in [1.29, 1.82) is 0 Å². The van der Waals surface area contributed by atoms with E-state index in [1.54, 1.807) is 18.4 Å². The van der Waals surface area contributed by atoms with Gasteiger partial charge in [0.1, 0.15) is 11.5 Å². The van der Waals surface area contributed by atoms with Crippen LogP contribution >= 0.6 is 11.3 Å². The molecule has 26 heavy (non-hydrogen) atoms. The van der Waals surface area contributed by atoms with E-state index in [4.69, 9.17) is 9.15 Å². The minimum absolute atomic E-state index is 0.102. The molecule has 3 aromatic rings. The van der Waals surface area contributed by atoms with Crippen molar-refractivity contribution in [3.05, 3.63) is 58.3 Å². The molecule has 0 saturated heterocycles. The van der Waals surface area contributed by atoms with Gasteiger partial charge in [0.05, 0.1) is 30.1 Å². The standard InChI is InChI=1S/C20H22N2O3S/c1-12-7-8-17(24-4)15(10-12)13(2)21-19(23)11-16-14(3)25-20(22-16)18-6-5-9-26-18/h5-10,13H,11H2,1-4H3,(H,21,23). The fraction of sp³-hybridized carbons (Fsp3) is 0.300. The van der Waals surface area contributed by atoms with Crippen LogP contribution in [0.5, 0.6) is 5.75 Å². The summed E-state index contributed by atoms with van der Waals surface area (Å²) in [4.78, 5) is 17.9. The summed E-state index contributed by atoms with van der Waals surface area (Å²) in [5, 5.41) is 4.99. The number of carbonyl (C=O) groups excluding carboxylic acids is 1. The van der Waals surface area contributed by atoms with Crippen molar-refractivity contribution in [2.75, 3.05) is 7.11 Å². The van der Waals surface area contributed by atoms with E-state index < -0.39 is 0 Å². The number of nitrogens with zero attached hydrogens (tertiary/aromatic N) is 1. The molecule has 0 aliphatic carbocycles. The van der Waals surface area contributed by atoms with Crippen LogP contribution in [0.2, 0.25) is 0 Å². The van der Waals surface area contributed by atoms with Gasteiger partial charge in [-0.25, -0.2) is 4.98 Å². The molecule has 6 heteroatoms. The summed E-state index contributed by atoms with van der Waals surface area (Å²) in [6.45, 7) is 5.80. The van der Waals surface area contributed by atoms with Gasteiger partial charge in [-0.1, -0.05) is 23.8 Å². The normalized spacial score (nSPS) is 12.0. The average molecular weight is 370 g/mol. The van der Waals surface area contributed by atoms with Crippen molar-refractivity contribution in [3.63, 3.8) is 0 Å². The zero-order chi connectivity index (χ0) is 18.7. The third-order valence-electron chi connectivity index (χ3n) is 4.18. The molecule has 0 fully saturated rings. The number of carbonyl (C=O) groups is 1. The van der Waals surface area contributed by atoms with Crippen molar-refractivity contribution in [1.82, 2.24) is 10.3 Å². The van der Waals surface area contributed by atoms with Gasteiger partial charge in [0.2, 0.25) is 11.8 Å². The van der Waals surface area contributed by atoms with Crippen molar-refractivity contribution in [3.8, 4) is 16.5 Å². The van der Waals surface area contributed by atoms with Gasteiger partial charge in [0.25, 0.3) is 0 Å². The maximum Gasteiger partial charge on any atom is 0.236 e. The number of benzene rings is 1. The molecule has 1 N–H and O–H groups in total. The summed E-state index contributed by atoms with van der Waals surface area (Å²) in [7, 11) is 1.63. The molecule has 0 bridgehead atoms. The second kappa shape index (κ2) is 7.74. The highest BCUT2D eigenvalue weighted by Gasteiger charge is 2.18. The van der Waals surface area contributed by atoms with E-state index in [0.717, 1.165) is 21.8 Å². The molecule has 0 saturated carbocycles. The Labute approximate surface area is 157 Å². The van der Waals surface area contributed by atoms with Gasteiger partial charge in [-0.2, -0.15) is 0 Å². The summed E-state index contributed by atoms with van der Waals surface area (Å²) < 4.78 is 11.1. The van der Waals surface area contributed by atoms with Gasteiger partial charge in [-0.3, -0.25) is 4.79 Å². The van der Waals surface area contributed by atoms with Gasteiger partial charge in [0.15, 0.2) is 0 Å². The first-order valence-corrected chi connectivity index (χ1v) is 9.30.